The number of nitrogens with one attached hydrogen (secondary N) is 2. The quantitative estimate of drug-likeness (QED) is 0.896. The molecule has 23 heavy (non-hydrogen) atoms. The van der Waals surface area contributed by atoms with Gasteiger partial charge in [-0.2, -0.15) is 0 Å². The number of pyridine rings is 1. The molecule has 0 radical (unpaired) electrons. The number of anilines is 2. The van der Waals surface area contributed by atoms with Crippen LogP contribution in [0.5, 0.6) is 0 Å². The van der Waals surface area contributed by atoms with E-state index in [1.165, 1.54) is 31.4 Å². The highest BCUT2D eigenvalue weighted by molar-refractivity contribution is 5.94. The van der Waals surface area contributed by atoms with E-state index < -0.39 is 0 Å². The predicted molar refractivity (Wildman–Crippen MR) is 88.3 cm³/mol. The van der Waals surface area contributed by atoms with Crippen molar-refractivity contribution >= 4 is 17.4 Å². The van der Waals surface area contributed by atoms with Crippen LogP contribution in [0.25, 0.3) is 0 Å². The average Bonchev–Trinajstić information content (AvgIpc) is 2.58. The number of rotatable bonds is 4. The van der Waals surface area contributed by atoms with Crippen LogP contribution in [0.2, 0.25) is 0 Å². The summed E-state index contributed by atoms with van der Waals surface area (Å²) in [7, 11) is 0. The lowest BCUT2D eigenvalue weighted by atomic mass is 9.95. The molecule has 1 saturated carbocycles. The van der Waals surface area contributed by atoms with Crippen molar-refractivity contribution in [3.63, 3.8) is 0 Å². The first-order valence-corrected chi connectivity index (χ1v) is 8.00. The molecule has 0 aliphatic heterocycles. The Bertz CT molecular complexity index is 649. The number of halogens is 1. The van der Waals surface area contributed by atoms with Crippen LogP contribution < -0.4 is 10.6 Å². The molecular weight excluding hydrogens is 293 g/mol. The van der Waals surface area contributed by atoms with Gasteiger partial charge in [-0.1, -0.05) is 19.3 Å². The summed E-state index contributed by atoms with van der Waals surface area (Å²) in [6.07, 6.45) is 7.31. The van der Waals surface area contributed by atoms with Crippen molar-refractivity contribution in [3.8, 4) is 0 Å². The van der Waals surface area contributed by atoms with Crippen molar-refractivity contribution < 1.29 is 9.18 Å². The molecule has 120 valence electrons. The van der Waals surface area contributed by atoms with E-state index in [0.29, 0.717) is 11.4 Å². The summed E-state index contributed by atoms with van der Waals surface area (Å²) < 4.78 is 12.9. The summed E-state index contributed by atoms with van der Waals surface area (Å²) >= 11 is 0. The van der Waals surface area contributed by atoms with Crippen molar-refractivity contribution in [2.45, 2.75) is 38.1 Å². The molecule has 0 unspecified atom stereocenters. The second-order valence-corrected chi connectivity index (χ2v) is 5.87. The van der Waals surface area contributed by atoms with Gasteiger partial charge in [0.2, 0.25) is 0 Å². The van der Waals surface area contributed by atoms with Gasteiger partial charge in [0, 0.05) is 17.9 Å². The SMILES string of the molecule is O=C(NC1CCCCC1)c1ccc(Nc2ccc(F)cc2)nc1. The van der Waals surface area contributed by atoms with Crippen LogP contribution in [-0.2, 0) is 0 Å². The first-order chi connectivity index (χ1) is 11.2. The van der Waals surface area contributed by atoms with Gasteiger partial charge in [-0.05, 0) is 49.2 Å². The largest absolute Gasteiger partial charge is 0.349 e. The van der Waals surface area contributed by atoms with Gasteiger partial charge in [-0.25, -0.2) is 9.37 Å². The zero-order chi connectivity index (χ0) is 16.1. The highest BCUT2D eigenvalue weighted by Crippen LogP contribution is 2.18. The highest BCUT2D eigenvalue weighted by atomic mass is 19.1. The average molecular weight is 313 g/mol. The van der Waals surface area contributed by atoms with E-state index in [9.17, 15) is 9.18 Å². The van der Waals surface area contributed by atoms with Crippen molar-refractivity contribution in [2.24, 2.45) is 0 Å². The maximum atomic E-state index is 12.9. The van der Waals surface area contributed by atoms with E-state index in [4.69, 9.17) is 0 Å². The zero-order valence-electron chi connectivity index (χ0n) is 12.9. The molecule has 1 fully saturated rings. The Morgan fingerprint density at radius 1 is 1.04 bits per heavy atom. The van der Waals surface area contributed by atoms with E-state index in [2.05, 4.69) is 15.6 Å². The van der Waals surface area contributed by atoms with E-state index in [1.807, 2.05) is 0 Å². The first-order valence-electron chi connectivity index (χ1n) is 8.00. The van der Waals surface area contributed by atoms with E-state index >= 15 is 0 Å². The fourth-order valence-corrected chi connectivity index (χ4v) is 2.80. The molecule has 2 N–H and O–H groups in total. The third-order valence-corrected chi connectivity index (χ3v) is 4.08. The Balaban J connectivity index is 1.59. The number of amides is 1. The fourth-order valence-electron chi connectivity index (χ4n) is 2.80. The maximum absolute atomic E-state index is 12.9. The molecule has 3 rings (SSSR count). The molecule has 1 aliphatic rings. The van der Waals surface area contributed by atoms with Gasteiger partial charge in [-0.3, -0.25) is 4.79 Å². The Labute approximate surface area is 135 Å². The Kier molecular flexibility index (Phi) is 4.86. The van der Waals surface area contributed by atoms with Gasteiger partial charge in [0.05, 0.1) is 5.56 Å². The zero-order valence-corrected chi connectivity index (χ0v) is 12.9. The van der Waals surface area contributed by atoms with E-state index in [-0.39, 0.29) is 17.8 Å². The topological polar surface area (TPSA) is 54.0 Å². The van der Waals surface area contributed by atoms with E-state index in [0.717, 1.165) is 18.5 Å². The minimum Gasteiger partial charge on any atom is -0.349 e. The minimum absolute atomic E-state index is 0.0715. The molecule has 1 aliphatic carbocycles. The van der Waals surface area contributed by atoms with Gasteiger partial charge in [0.25, 0.3) is 5.91 Å². The van der Waals surface area contributed by atoms with Crippen molar-refractivity contribution in [1.29, 1.82) is 0 Å². The lowest BCUT2D eigenvalue weighted by molar-refractivity contribution is 0.0927. The number of carbonyl (C=O) groups is 1. The molecule has 2 aromatic rings. The molecular formula is C18H20FN3O. The molecule has 1 aromatic carbocycles. The summed E-state index contributed by atoms with van der Waals surface area (Å²) in [5.41, 5.74) is 1.30. The van der Waals surface area contributed by atoms with Gasteiger partial charge >= 0.3 is 0 Å². The van der Waals surface area contributed by atoms with Crippen molar-refractivity contribution in [1.82, 2.24) is 10.3 Å². The number of hydrogen-bond acceptors (Lipinski definition) is 3. The standard InChI is InChI=1S/C18H20FN3O/c19-14-7-9-16(10-8-14)21-17-11-6-13(12-20-17)18(23)22-15-4-2-1-3-5-15/h6-12,15H,1-5H2,(H,20,21)(H,22,23). The second-order valence-electron chi connectivity index (χ2n) is 5.87. The molecule has 0 saturated heterocycles. The number of benzene rings is 1. The molecule has 5 heteroatoms. The minimum atomic E-state index is -0.279. The maximum Gasteiger partial charge on any atom is 0.253 e. The Hall–Kier alpha value is -2.43. The molecule has 4 nitrogen and oxygen atoms in total. The van der Waals surface area contributed by atoms with Gasteiger partial charge in [-0.15, -0.1) is 0 Å². The first kappa shape index (κ1) is 15.5. The van der Waals surface area contributed by atoms with E-state index in [1.54, 1.807) is 30.5 Å². The molecule has 1 aromatic heterocycles. The lowest BCUT2D eigenvalue weighted by Gasteiger charge is -2.22. The van der Waals surface area contributed by atoms with Crippen LogP contribution in [0.3, 0.4) is 0 Å². The van der Waals surface area contributed by atoms with Gasteiger partial charge in [0.15, 0.2) is 0 Å². The van der Waals surface area contributed by atoms with Crippen LogP contribution in [-0.4, -0.2) is 16.9 Å². The third-order valence-electron chi connectivity index (χ3n) is 4.08. The monoisotopic (exact) mass is 313 g/mol. The Morgan fingerprint density at radius 3 is 2.43 bits per heavy atom. The van der Waals surface area contributed by atoms with Gasteiger partial charge < -0.3 is 10.6 Å². The normalized spacial score (nSPS) is 15.2. The summed E-state index contributed by atoms with van der Waals surface area (Å²) in [4.78, 5) is 16.5. The smallest absolute Gasteiger partial charge is 0.253 e. The number of hydrogen-bond donors (Lipinski definition) is 2. The molecule has 0 spiro atoms. The molecule has 0 bridgehead atoms. The fraction of sp³-hybridized carbons (Fsp3) is 0.333. The lowest BCUT2D eigenvalue weighted by Crippen LogP contribution is -2.36. The predicted octanol–water partition coefficient (Wildman–Crippen LogP) is 4.03. The number of carbonyl (C=O) groups excluding carboxylic acids is 1. The summed E-state index contributed by atoms with van der Waals surface area (Å²) in [5.74, 6) is 0.266. The molecule has 1 amide bonds. The van der Waals surface area contributed by atoms with Crippen LogP contribution in [0.1, 0.15) is 42.5 Å². The van der Waals surface area contributed by atoms with Crippen LogP contribution >= 0.6 is 0 Å². The van der Waals surface area contributed by atoms with Crippen molar-refractivity contribution in [2.75, 3.05) is 5.32 Å². The molecule has 0 atom stereocenters. The summed E-state index contributed by atoms with van der Waals surface area (Å²) in [6.45, 7) is 0. The third kappa shape index (κ3) is 4.28. The second kappa shape index (κ2) is 7.22. The molecule has 1 heterocycles. The highest BCUT2D eigenvalue weighted by Gasteiger charge is 2.16. The van der Waals surface area contributed by atoms with Gasteiger partial charge in [0.1, 0.15) is 11.6 Å². The number of nitrogens with zero attached hydrogens (tertiary/aromatic N) is 1. The summed E-state index contributed by atoms with van der Waals surface area (Å²) in [5, 5.41) is 6.14. The Morgan fingerprint density at radius 2 is 1.78 bits per heavy atom. The van der Waals surface area contributed by atoms with Crippen LogP contribution in [0.15, 0.2) is 42.6 Å². The summed E-state index contributed by atoms with van der Waals surface area (Å²) in [6, 6.07) is 9.83. The number of aromatic nitrogens is 1. The van der Waals surface area contributed by atoms with Crippen LogP contribution in [0.4, 0.5) is 15.9 Å². The van der Waals surface area contributed by atoms with Crippen molar-refractivity contribution in [3.05, 3.63) is 54.0 Å². The van der Waals surface area contributed by atoms with Crippen LogP contribution in [0, 0.1) is 5.82 Å².